The second-order valence-corrected chi connectivity index (χ2v) is 7.42. The van der Waals surface area contributed by atoms with Crippen molar-refractivity contribution in [3.05, 3.63) is 28.7 Å². The van der Waals surface area contributed by atoms with Gasteiger partial charge in [-0.25, -0.2) is 0 Å². The number of unbranched alkanes of at least 4 members (excludes halogenated alkanes) is 10. The normalized spacial score (nSPS) is 11.6. The third-order valence-electron chi connectivity index (χ3n) is 4.10. The SMILES string of the molecule is C[C@@H](O)C#CCCCCCCCCCCCCOc1ccccc1Br. The van der Waals surface area contributed by atoms with Gasteiger partial charge in [-0.15, -0.1) is 5.92 Å². The largest absolute Gasteiger partial charge is 0.492 e. The van der Waals surface area contributed by atoms with Gasteiger partial charge in [0.25, 0.3) is 0 Å². The van der Waals surface area contributed by atoms with Crippen LogP contribution < -0.4 is 4.74 Å². The first-order valence-corrected chi connectivity index (χ1v) is 10.5. The first kappa shape index (κ1) is 22.1. The summed E-state index contributed by atoms with van der Waals surface area (Å²) in [5.74, 6) is 6.76. The minimum absolute atomic E-state index is 0.480. The summed E-state index contributed by atoms with van der Waals surface area (Å²) in [4.78, 5) is 0. The van der Waals surface area contributed by atoms with Gasteiger partial charge in [0.15, 0.2) is 0 Å². The number of hydrogen-bond donors (Lipinski definition) is 1. The third kappa shape index (κ3) is 13.0. The van der Waals surface area contributed by atoms with E-state index in [2.05, 4.69) is 27.8 Å². The second kappa shape index (κ2) is 15.3. The summed E-state index contributed by atoms with van der Waals surface area (Å²) in [5, 5.41) is 9.02. The van der Waals surface area contributed by atoms with Gasteiger partial charge in [-0.3, -0.25) is 0 Å². The Morgan fingerprint density at radius 1 is 0.920 bits per heavy atom. The van der Waals surface area contributed by atoms with Gasteiger partial charge in [0.05, 0.1) is 11.1 Å². The van der Waals surface area contributed by atoms with Gasteiger partial charge in [0, 0.05) is 6.42 Å². The minimum Gasteiger partial charge on any atom is -0.492 e. The highest BCUT2D eigenvalue weighted by atomic mass is 79.9. The molecule has 0 saturated heterocycles. The number of ether oxygens (including phenoxy) is 1. The highest BCUT2D eigenvalue weighted by Crippen LogP contribution is 2.24. The molecule has 0 unspecified atom stereocenters. The average molecular weight is 409 g/mol. The summed E-state index contributed by atoms with van der Waals surface area (Å²) < 4.78 is 6.81. The predicted molar refractivity (Wildman–Crippen MR) is 110 cm³/mol. The molecule has 25 heavy (non-hydrogen) atoms. The van der Waals surface area contributed by atoms with E-state index in [-0.39, 0.29) is 0 Å². The van der Waals surface area contributed by atoms with Gasteiger partial charge in [0.1, 0.15) is 11.9 Å². The van der Waals surface area contributed by atoms with Gasteiger partial charge in [-0.1, -0.05) is 69.4 Å². The molecule has 0 radical (unpaired) electrons. The molecule has 0 fully saturated rings. The van der Waals surface area contributed by atoms with Crippen molar-refractivity contribution in [3.8, 4) is 17.6 Å². The fourth-order valence-corrected chi connectivity index (χ4v) is 3.09. The number of aliphatic hydroxyl groups is 1. The van der Waals surface area contributed by atoms with Crippen LogP contribution in [0, 0.1) is 11.8 Å². The highest BCUT2D eigenvalue weighted by Gasteiger charge is 1.98. The molecule has 0 saturated carbocycles. The fraction of sp³-hybridized carbons (Fsp3) is 0.636. The van der Waals surface area contributed by atoms with Crippen molar-refractivity contribution in [1.29, 1.82) is 0 Å². The Bertz CT molecular complexity index is 502. The molecule has 2 nitrogen and oxygen atoms in total. The molecule has 1 atom stereocenters. The number of aliphatic hydroxyl groups excluding tert-OH is 1. The van der Waals surface area contributed by atoms with Crippen molar-refractivity contribution in [2.24, 2.45) is 0 Å². The number of benzene rings is 1. The van der Waals surface area contributed by atoms with Crippen molar-refractivity contribution in [2.75, 3.05) is 6.61 Å². The summed E-state index contributed by atoms with van der Waals surface area (Å²) in [6.45, 7) is 2.52. The van der Waals surface area contributed by atoms with Crippen LogP contribution in [0.1, 0.15) is 77.6 Å². The Morgan fingerprint density at radius 2 is 1.48 bits per heavy atom. The van der Waals surface area contributed by atoms with Crippen LogP contribution in [0.25, 0.3) is 0 Å². The van der Waals surface area contributed by atoms with Crippen LogP contribution in [0.3, 0.4) is 0 Å². The molecule has 0 aliphatic carbocycles. The van der Waals surface area contributed by atoms with E-state index >= 15 is 0 Å². The molecular formula is C22H33BrO2. The maximum atomic E-state index is 9.02. The van der Waals surface area contributed by atoms with Crippen LogP contribution in [0.4, 0.5) is 0 Å². The van der Waals surface area contributed by atoms with E-state index in [0.29, 0.717) is 0 Å². The molecule has 3 heteroatoms. The second-order valence-electron chi connectivity index (χ2n) is 6.56. The summed E-state index contributed by atoms with van der Waals surface area (Å²) in [7, 11) is 0. The van der Waals surface area contributed by atoms with Crippen LogP contribution >= 0.6 is 15.9 Å². The molecule has 1 N–H and O–H groups in total. The van der Waals surface area contributed by atoms with Gasteiger partial charge in [0.2, 0.25) is 0 Å². The highest BCUT2D eigenvalue weighted by molar-refractivity contribution is 9.10. The molecule has 1 aromatic rings. The van der Waals surface area contributed by atoms with Crippen LogP contribution in [-0.2, 0) is 0 Å². The zero-order valence-corrected chi connectivity index (χ0v) is 17.2. The van der Waals surface area contributed by atoms with Crippen molar-refractivity contribution in [1.82, 2.24) is 0 Å². The van der Waals surface area contributed by atoms with Gasteiger partial charge in [-0.2, -0.15) is 0 Å². The van der Waals surface area contributed by atoms with E-state index in [1.54, 1.807) is 6.92 Å². The minimum atomic E-state index is -0.480. The lowest BCUT2D eigenvalue weighted by molar-refractivity contribution is 0.253. The van der Waals surface area contributed by atoms with E-state index in [0.717, 1.165) is 36.1 Å². The molecule has 0 aliphatic heterocycles. The molecule has 1 aromatic carbocycles. The van der Waals surface area contributed by atoms with Crippen LogP contribution in [0.5, 0.6) is 5.75 Å². The van der Waals surface area contributed by atoms with E-state index in [4.69, 9.17) is 9.84 Å². The lowest BCUT2D eigenvalue weighted by Crippen LogP contribution is -1.97. The van der Waals surface area contributed by atoms with Crippen LogP contribution in [0.15, 0.2) is 28.7 Å². The number of halogens is 1. The van der Waals surface area contributed by atoms with E-state index in [1.165, 1.54) is 51.4 Å². The number of para-hydroxylation sites is 1. The zero-order valence-electron chi connectivity index (χ0n) is 15.6. The third-order valence-corrected chi connectivity index (χ3v) is 4.76. The van der Waals surface area contributed by atoms with Gasteiger partial charge in [-0.05, 0) is 47.8 Å². The Balaban J connectivity index is 1.81. The fourth-order valence-electron chi connectivity index (χ4n) is 2.69. The average Bonchev–Trinajstić information content (AvgIpc) is 2.59. The van der Waals surface area contributed by atoms with Crippen molar-refractivity contribution in [3.63, 3.8) is 0 Å². The number of hydrogen-bond acceptors (Lipinski definition) is 2. The smallest absolute Gasteiger partial charge is 0.133 e. The summed E-state index contributed by atoms with van der Waals surface area (Å²) >= 11 is 3.50. The van der Waals surface area contributed by atoms with E-state index in [1.807, 2.05) is 24.3 Å². The van der Waals surface area contributed by atoms with Crippen LogP contribution in [0.2, 0.25) is 0 Å². The summed E-state index contributed by atoms with van der Waals surface area (Å²) in [6, 6.07) is 8.02. The Kier molecular flexibility index (Phi) is 13.5. The molecule has 1 rings (SSSR count). The van der Waals surface area contributed by atoms with E-state index < -0.39 is 6.10 Å². The molecule has 0 aromatic heterocycles. The Hall–Kier alpha value is -0.980. The van der Waals surface area contributed by atoms with Crippen molar-refractivity contribution in [2.45, 2.75) is 83.7 Å². The Labute approximate surface area is 162 Å². The van der Waals surface area contributed by atoms with Crippen molar-refractivity contribution >= 4 is 15.9 Å². The molecule has 0 amide bonds. The molecular weight excluding hydrogens is 376 g/mol. The molecule has 0 aliphatic rings. The molecule has 0 bridgehead atoms. The Morgan fingerprint density at radius 3 is 2.08 bits per heavy atom. The quantitative estimate of drug-likeness (QED) is 0.298. The zero-order chi connectivity index (χ0) is 18.2. The summed E-state index contributed by atoms with van der Waals surface area (Å²) in [6.07, 6.45) is 13.3. The van der Waals surface area contributed by atoms with Crippen molar-refractivity contribution < 1.29 is 9.84 Å². The van der Waals surface area contributed by atoms with Crippen LogP contribution in [-0.4, -0.2) is 17.8 Å². The lowest BCUT2D eigenvalue weighted by Gasteiger charge is -2.07. The first-order valence-electron chi connectivity index (χ1n) is 9.74. The lowest BCUT2D eigenvalue weighted by atomic mass is 10.1. The topological polar surface area (TPSA) is 29.5 Å². The molecule has 0 spiro atoms. The molecule has 140 valence electrons. The number of rotatable bonds is 13. The van der Waals surface area contributed by atoms with E-state index in [9.17, 15) is 0 Å². The molecule has 0 heterocycles. The van der Waals surface area contributed by atoms with Gasteiger partial charge < -0.3 is 9.84 Å². The maximum Gasteiger partial charge on any atom is 0.133 e. The standard InChI is InChI=1S/C22H33BrO2/c1-20(24)16-12-10-8-6-4-2-3-5-7-9-11-15-19-25-22-18-14-13-17-21(22)23/h13-14,17-18,20,24H,2-11,15,19H2,1H3/t20-/m1/s1. The van der Waals surface area contributed by atoms with Gasteiger partial charge >= 0.3 is 0 Å². The maximum absolute atomic E-state index is 9.02. The monoisotopic (exact) mass is 408 g/mol. The summed E-state index contributed by atoms with van der Waals surface area (Å²) in [5.41, 5.74) is 0. The first-order chi connectivity index (χ1) is 12.2. The predicted octanol–water partition coefficient (Wildman–Crippen LogP) is 6.50.